The number of halogens is 1. The van der Waals surface area contributed by atoms with Crippen molar-refractivity contribution in [3.8, 4) is 10.7 Å². The minimum absolute atomic E-state index is 0.720. The second-order valence-corrected chi connectivity index (χ2v) is 5.38. The Hall–Kier alpha value is -1.52. The van der Waals surface area contributed by atoms with Crippen LogP contribution >= 0.6 is 22.9 Å². The van der Waals surface area contributed by atoms with Crippen molar-refractivity contribution in [3.63, 3.8) is 0 Å². The largest absolute Gasteiger partial charge is 0.391 e. The Morgan fingerprint density at radius 1 is 1.29 bits per heavy atom. The summed E-state index contributed by atoms with van der Waals surface area (Å²) >= 11 is 7.53. The molecule has 0 aliphatic heterocycles. The van der Waals surface area contributed by atoms with Crippen molar-refractivity contribution >= 4 is 39.0 Å². The summed E-state index contributed by atoms with van der Waals surface area (Å²) in [6.07, 6.45) is 0. The molecular formula is C12H10ClN3S. The van der Waals surface area contributed by atoms with Gasteiger partial charge in [-0.05, 0) is 30.3 Å². The predicted molar refractivity (Wildman–Crippen MR) is 73.4 cm³/mol. The number of hydrogen-bond donors (Lipinski definition) is 1. The van der Waals surface area contributed by atoms with Gasteiger partial charge in [0.05, 0.1) is 20.9 Å². The first-order valence-corrected chi connectivity index (χ1v) is 6.32. The number of hydrogen-bond acceptors (Lipinski definition) is 3. The molecule has 86 valence electrons. The highest BCUT2D eigenvalue weighted by molar-refractivity contribution is 7.19. The molecule has 2 heterocycles. The van der Waals surface area contributed by atoms with Crippen LogP contribution in [0.4, 0.5) is 5.00 Å². The van der Waals surface area contributed by atoms with Gasteiger partial charge in [-0.2, -0.15) is 0 Å². The molecule has 0 spiro atoms. The lowest BCUT2D eigenvalue weighted by Gasteiger charge is -1.99. The van der Waals surface area contributed by atoms with Gasteiger partial charge in [0.2, 0.25) is 0 Å². The van der Waals surface area contributed by atoms with Crippen molar-refractivity contribution in [3.05, 3.63) is 35.4 Å². The molecule has 2 aromatic heterocycles. The zero-order valence-corrected chi connectivity index (χ0v) is 10.7. The number of aryl methyl sites for hydroxylation is 1. The van der Waals surface area contributed by atoms with Crippen molar-refractivity contribution in [2.75, 3.05) is 5.73 Å². The molecule has 0 bridgehead atoms. The van der Waals surface area contributed by atoms with Crippen LogP contribution in [-0.2, 0) is 7.05 Å². The summed E-state index contributed by atoms with van der Waals surface area (Å²) in [4.78, 5) is 5.66. The Balaban J connectivity index is 2.27. The molecular weight excluding hydrogens is 254 g/mol. The van der Waals surface area contributed by atoms with Gasteiger partial charge in [-0.25, -0.2) is 4.98 Å². The van der Waals surface area contributed by atoms with E-state index in [0.717, 1.165) is 31.8 Å². The zero-order valence-electron chi connectivity index (χ0n) is 9.14. The average molecular weight is 264 g/mol. The summed E-state index contributed by atoms with van der Waals surface area (Å²) < 4.78 is 2.03. The molecule has 0 aliphatic carbocycles. The summed E-state index contributed by atoms with van der Waals surface area (Å²) in [7, 11) is 1.98. The lowest BCUT2D eigenvalue weighted by Crippen LogP contribution is -1.90. The summed E-state index contributed by atoms with van der Waals surface area (Å²) in [5.74, 6) is 0.920. The van der Waals surface area contributed by atoms with Gasteiger partial charge in [0, 0.05) is 12.1 Å². The quantitative estimate of drug-likeness (QED) is 0.730. The SMILES string of the molecule is Cn1c(-c2ccc(N)s2)nc2ccc(Cl)cc21. The van der Waals surface area contributed by atoms with Gasteiger partial charge in [0.15, 0.2) is 5.82 Å². The van der Waals surface area contributed by atoms with Crippen LogP contribution in [0.15, 0.2) is 30.3 Å². The van der Waals surface area contributed by atoms with E-state index in [2.05, 4.69) is 4.98 Å². The van der Waals surface area contributed by atoms with Crippen LogP contribution in [0.3, 0.4) is 0 Å². The van der Waals surface area contributed by atoms with Crippen LogP contribution in [0.1, 0.15) is 0 Å². The Kier molecular flexibility index (Phi) is 2.34. The minimum atomic E-state index is 0.720. The number of rotatable bonds is 1. The van der Waals surface area contributed by atoms with Crippen molar-refractivity contribution in [2.45, 2.75) is 0 Å². The molecule has 3 nitrogen and oxygen atoms in total. The second-order valence-electron chi connectivity index (χ2n) is 3.83. The number of nitrogens with two attached hydrogens (primary N) is 1. The van der Waals surface area contributed by atoms with Crippen LogP contribution in [0.25, 0.3) is 21.7 Å². The second kappa shape index (κ2) is 3.75. The van der Waals surface area contributed by atoms with Crippen molar-refractivity contribution in [1.82, 2.24) is 9.55 Å². The number of anilines is 1. The molecule has 5 heteroatoms. The van der Waals surface area contributed by atoms with Crippen molar-refractivity contribution in [1.29, 1.82) is 0 Å². The fourth-order valence-corrected chi connectivity index (χ4v) is 2.82. The van der Waals surface area contributed by atoms with Gasteiger partial charge < -0.3 is 10.3 Å². The molecule has 3 aromatic rings. The van der Waals surface area contributed by atoms with Gasteiger partial charge in [0.25, 0.3) is 0 Å². The van der Waals surface area contributed by atoms with E-state index in [1.165, 1.54) is 11.3 Å². The predicted octanol–water partition coefficient (Wildman–Crippen LogP) is 3.54. The van der Waals surface area contributed by atoms with Crippen LogP contribution in [0, 0.1) is 0 Å². The normalized spacial score (nSPS) is 11.2. The highest BCUT2D eigenvalue weighted by atomic mass is 35.5. The van der Waals surface area contributed by atoms with E-state index in [4.69, 9.17) is 17.3 Å². The summed E-state index contributed by atoms with van der Waals surface area (Å²) in [6.45, 7) is 0. The third-order valence-corrected chi connectivity index (χ3v) is 3.84. The molecule has 1 aromatic carbocycles. The lowest BCUT2D eigenvalue weighted by atomic mass is 10.3. The van der Waals surface area contributed by atoms with E-state index >= 15 is 0 Å². The smallest absolute Gasteiger partial charge is 0.151 e. The van der Waals surface area contributed by atoms with E-state index in [1.807, 2.05) is 41.9 Å². The fourth-order valence-electron chi connectivity index (χ4n) is 1.86. The number of thiophene rings is 1. The van der Waals surface area contributed by atoms with Crippen LogP contribution in [0.5, 0.6) is 0 Å². The van der Waals surface area contributed by atoms with E-state index in [9.17, 15) is 0 Å². The van der Waals surface area contributed by atoms with Gasteiger partial charge in [0.1, 0.15) is 0 Å². The average Bonchev–Trinajstić information content (AvgIpc) is 2.84. The Bertz CT molecular complexity index is 699. The Morgan fingerprint density at radius 2 is 2.12 bits per heavy atom. The molecule has 0 amide bonds. The molecule has 0 saturated carbocycles. The minimum Gasteiger partial charge on any atom is -0.391 e. The summed E-state index contributed by atoms with van der Waals surface area (Å²) in [6, 6.07) is 9.58. The zero-order chi connectivity index (χ0) is 12.0. The van der Waals surface area contributed by atoms with E-state index < -0.39 is 0 Å². The summed E-state index contributed by atoms with van der Waals surface area (Å²) in [5, 5.41) is 1.52. The third kappa shape index (κ3) is 1.69. The van der Waals surface area contributed by atoms with Crippen LogP contribution in [-0.4, -0.2) is 9.55 Å². The molecule has 0 aliphatic rings. The van der Waals surface area contributed by atoms with Gasteiger partial charge >= 0.3 is 0 Å². The first-order valence-electron chi connectivity index (χ1n) is 5.13. The fraction of sp³-hybridized carbons (Fsp3) is 0.0833. The Labute approximate surface area is 107 Å². The highest BCUT2D eigenvalue weighted by Gasteiger charge is 2.11. The van der Waals surface area contributed by atoms with E-state index in [0.29, 0.717) is 0 Å². The first-order chi connectivity index (χ1) is 8.15. The van der Waals surface area contributed by atoms with Gasteiger partial charge in [-0.1, -0.05) is 11.6 Å². The maximum Gasteiger partial charge on any atom is 0.151 e. The molecule has 0 unspecified atom stereocenters. The maximum atomic E-state index is 5.99. The lowest BCUT2D eigenvalue weighted by molar-refractivity contribution is 0.963. The van der Waals surface area contributed by atoms with Crippen molar-refractivity contribution < 1.29 is 0 Å². The maximum absolute atomic E-state index is 5.99. The number of nitrogens with zero attached hydrogens (tertiary/aromatic N) is 2. The number of aromatic nitrogens is 2. The van der Waals surface area contributed by atoms with Gasteiger partial charge in [-0.15, -0.1) is 11.3 Å². The molecule has 17 heavy (non-hydrogen) atoms. The number of nitrogen functional groups attached to an aromatic ring is 1. The Morgan fingerprint density at radius 3 is 2.82 bits per heavy atom. The standard InChI is InChI=1S/C12H10ClN3S/c1-16-9-6-7(13)2-3-8(9)15-12(16)10-4-5-11(14)17-10/h2-6H,14H2,1H3. The molecule has 3 rings (SSSR count). The highest BCUT2D eigenvalue weighted by Crippen LogP contribution is 2.31. The van der Waals surface area contributed by atoms with E-state index in [-0.39, 0.29) is 0 Å². The summed E-state index contributed by atoms with van der Waals surface area (Å²) in [5.41, 5.74) is 7.72. The monoisotopic (exact) mass is 263 g/mol. The molecule has 0 radical (unpaired) electrons. The van der Waals surface area contributed by atoms with Gasteiger partial charge in [-0.3, -0.25) is 0 Å². The topological polar surface area (TPSA) is 43.8 Å². The van der Waals surface area contributed by atoms with Crippen LogP contribution in [0.2, 0.25) is 5.02 Å². The number of benzene rings is 1. The number of imidazole rings is 1. The third-order valence-electron chi connectivity index (χ3n) is 2.69. The molecule has 0 atom stereocenters. The van der Waals surface area contributed by atoms with E-state index in [1.54, 1.807) is 0 Å². The molecule has 2 N–H and O–H groups in total. The molecule has 0 fully saturated rings. The number of fused-ring (bicyclic) bond motifs is 1. The molecule has 0 saturated heterocycles. The van der Waals surface area contributed by atoms with Crippen LogP contribution < -0.4 is 5.73 Å². The first kappa shape index (κ1) is 10.6. The van der Waals surface area contributed by atoms with Crippen molar-refractivity contribution in [2.24, 2.45) is 7.05 Å².